The monoisotopic (exact) mass is 278 g/mol. The first-order valence-corrected chi connectivity index (χ1v) is 6.41. The summed E-state index contributed by atoms with van der Waals surface area (Å²) in [5.41, 5.74) is 1.22. The Morgan fingerprint density at radius 2 is 2.10 bits per heavy atom. The van der Waals surface area contributed by atoms with E-state index in [4.69, 9.17) is 0 Å². The van der Waals surface area contributed by atoms with Gasteiger partial charge in [-0.3, -0.25) is 18.7 Å². The summed E-state index contributed by atoms with van der Waals surface area (Å²) in [6.45, 7) is 0.315. The van der Waals surface area contributed by atoms with Crippen LogP contribution in [0.25, 0.3) is 16.6 Å². The summed E-state index contributed by atoms with van der Waals surface area (Å²) in [6.07, 6.45) is 6.54. The summed E-state index contributed by atoms with van der Waals surface area (Å²) in [7, 11) is 0. The van der Waals surface area contributed by atoms with E-state index in [1.165, 1.54) is 10.9 Å². The van der Waals surface area contributed by atoms with Crippen LogP contribution >= 0.6 is 0 Å². The van der Waals surface area contributed by atoms with Crippen LogP contribution in [0.5, 0.6) is 0 Å². The Kier molecular flexibility index (Phi) is 2.50. The van der Waals surface area contributed by atoms with Crippen molar-refractivity contribution in [3.63, 3.8) is 0 Å². The second kappa shape index (κ2) is 4.48. The summed E-state index contributed by atoms with van der Waals surface area (Å²) in [4.78, 5) is 20.6. The lowest BCUT2D eigenvalue weighted by molar-refractivity contribution is 0.698. The lowest BCUT2D eigenvalue weighted by atomic mass is 10.3. The van der Waals surface area contributed by atoms with Crippen molar-refractivity contribution in [3.05, 3.63) is 65.4 Å². The first-order chi connectivity index (χ1) is 10.3. The van der Waals surface area contributed by atoms with Crippen molar-refractivity contribution in [2.75, 3.05) is 0 Å². The van der Waals surface area contributed by atoms with E-state index in [0.29, 0.717) is 23.3 Å². The van der Waals surface area contributed by atoms with E-state index in [1.54, 1.807) is 18.5 Å². The maximum absolute atomic E-state index is 12.4. The molecule has 0 saturated carbocycles. The maximum Gasteiger partial charge on any atom is 0.261 e. The molecule has 0 bridgehead atoms. The molecule has 4 aromatic rings. The number of rotatable bonds is 2. The predicted molar refractivity (Wildman–Crippen MR) is 75.9 cm³/mol. The second-order valence-corrected chi connectivity index (χ2v) is 4.62. The smallest absolute Gasteiger partial charge is 0.261 e. The van der Waals surface area contributed by atoms with Gasteiger partial charge < -0.3 is 0 Å². The Morgan fingerprint density at radius 1 is 1.14 bits per heavy atom. The van der Waals surface area contributed by atoms with Gasteiger partial charge in [0.15, 0.2) is 11.5 Å². The molecule has 0 aliphatic heterocycles. The molecule has 4 aromatic heterocycles. The van der Waals surface area contributed by atoms with Crippen LogP contribution in [-0.4, -0.2) is 29.1 Å². The van der Waals surface area contributed by atoms with Gasteiger partial charge in [0.25, 0.3) is 5.56 Å². The molecule has 7 heteroatoms. The van der Waals surface area contributed by atoms with Gasteiger partial charge >= 0.3 is 0 Å². The normalized spacial score (nSPS) is 11.2. The lowest BCUT2D eigenvalue weighted by Gasteiger charge is -2.05. The Morgan fingerprint density at radius 3 is 3.05 bits per heavy atom. The molecular formula is C14H10N6O. The van der Waals surface area contributed by atoms with E-state index >= 15 is 0 Å². The highest BCUT2D eigenvalue weighted by Gasteiger charge is 2.08. The quantitative estimate of drug-likeness (QED) is 0.544. The van der Waals surface area contributed by atoms with Crippen LogP contribution < -0.4 is 5.56 Å². The molecule has 7 nitrogen and oxygen atoms in total. The Hall–Kier alpha value is -3.09. The van der Waals surface area contributed by atoms with Gasteiger partial charge in [-0.25, -0.2) is 4.98 Å². The van der Waals surface area contributed by atoms with E-state index in [0.717, 1.165) is 5.65 Å². The highest BCUT2D eigenvalue weighted by atomic mass is 16.1. The summed E-state index contributed by atoms with van der Waals surface area (Å²) < 4.78 is 3.37. The number of fused-ring (bicyclic) bond motifs is 2. The minimum atomic E-state index is -0.116. The molecule has 0 atom stereocenters. The van der Waals surface area contributed by atoms with Gasteiger partial charge in [0.1, 0.15) is 0 Å². The Balaban J connectivity index is 1.84. The molecule has 4 heterocycles. The van der Waals surface area contributed by atoms with E-state index in [2.05, 4.69) is 20.2 Å². The Bertz CT molecular complexity index is 1000. The van der Waals surface area contributed by atoms with Crippen LogP contribution in [-0.2, 0) is 6.54 Å². The van der Waals surface area contributed by atoms with Crippen LogP contribution in [0, 0.1) is 0 Å². The van der Waals surface area contributed by atoms with Crippen molar-refractivity contribution in [1.29, 1.82) is 0 Å². The first-order valence-electron chi connectivity index (χ1n) is 6.41. The third-order valence-corrected chi connectivity index (χ3v) is 3.32. The topological polar surface area (TPSA) is 78.0 Å². The molecule has 21 heavy (non-hydrogen) atoms. The second-order valence-electron chi connectivity index (χ2n) is 4.62. The van der Waals surface area contributed by atoms with Crippen LogP contribution in [0.15, 0.2) is 54.0 Å². The SMILES string of the molecule is O=c1c2ccncc2ncn1Cc1nnc2ccccn12. The third-order valence-electron chi connectivity index (χ3n) is 3.32. The molecule has 0 aliphatic rings. The number of aromatic nitrogens is 6. The standard InChI is InChI=1S/C14H10N6O/c21-14-10-4-5-15-7-11(10)16-9-19(14)8-13-18-17-12-3-1-2-6-20(12)13/h1-7,9H,8H2. The van der Waals surface area contributed by atoms with Crippen LogP contribution in [0.3, 0.4) is 0 Å². The van der Waals surface area contributed by atoms with Gasteiger partial charge in [-0.15, -0.1) is 10.2 Å². The molecule has 0 aliphatic carbocycles. The van der Waals surface area contributed by atoms with Crippen molar-refractivity contribution >= 4 is 16.6 Å². The van der Waals surface area contributed by atoms with Gasteiger partial charge in [-0.2, -0.15) is 0 Å². The van der Waals surface area contributed by atoms with Gasteiger partial charge in [0, 0.05) is 12.4 Å². The van der Waals surface area contributed by atoms with Crippen molar-refractivity contribution in [2.24, 2.45) is 0 Å². The molecule has 0 N–H and O–H groups in total. The van der Waals surface area contributed by atoms with E-state index < -0.39 is 0 Å². The molecule has 0 spiro atoms. The molecule has 0 fully saturated rings. The lowest BCUT2D eigenvalue weighted by Crippen LogP contribution is -2.22. The van der Waals surface area contributed by atoms with Crippen molar-refractivity contribution < 1.29 is 0 Å². The van der Waals surface area contributed by atoms with E-state index in [1.807, 2.05) is 28.8 Å². The summed E-state index contributed by atoms with van der Waals surface area (Å²) in [6, 6.07) is 7.32. The van der Waals surface area contributed by atoms with Crippen molar-refractivity contribution in [1.82, 2.24) is 29.1 Å². The first kappa shape index (κ1) is 11.7. The minimum Gasteiger partial charge on any atom is -0.291 e. The summed E-state index contributed by atoms with van der Waals surface area (Å²) in [5, 5.41) is 8.74. The maximum atomic E-state index is 12.4. The minimum absolute atomic E-state index is 0.116. The zero-order valence-corrected chi connectivity index (χ0v) is 10.9. The summed E-state index contributed by atoms with van der Waals surface area (Å²) >= 11 is 0. The largest absolute Gasteiger partial charge is 0.291 e. The van der Waals surface area contributed by atoms with Crippen molar-refractivity contribution in [3.8, 4) is 0 Å². The average molecular weight is 278 g/mol. The zero-order valence-electron chi connectivity index (χ0n) is 10.9. The van der Waals surface area contributed by atoms with E-state index in [-0.39, 0.29) is 5.56 Å². The molecule has 0 aromatic carbocycles. The van der Waals surface area contributed by atoms with Crippen LogP contribution in [0.1, 0.15) is 5.82 Å². The fraction of sp³-hybridized carbons (Fsp3) is 0.0714. The highest BCUT2D eigenvalue weighted by Crippen LogP contribution is 2.06. The fourth-order valence-electron chi connectivity index (χ4n) is 2.27. The fourth-order valence-corrected chi connectivity index (χ4v) is 2.27. The molecule has 4 rings (SSSR count). The average Bonchev–Trinajstić information content (AvgIpc) is 2.94. The van der Waals surface area contributed by atoms with Crippen molar-refractivity contribution in [2.45, 2.75) is 6.54 Å². The number of pyridine rings is 2. The number of hydrogen-bond donors (Lipinski definition) is 0. The van der Waals surface area contributed by atoms with Gasteiger partial charge in [0.2, 0.25) is 0 Å². The number of nitrogens with zero attached hydrogens (tertiary/aromatic N) is 6. The Labute approximate surface area is 118 Å². The van der Waals surface area contributed by atoms with Gasteiger partial charge in [-0.1, -0.05) is 6.07 Å². The van der Waals surface area contributed by atoms with Gasteiger partial charge in [0.05, 0.1) is 30.0 Å². The zero-order chi connectivity index (χ0) is 14.2. The van der Waals surface area contributed by atoms with Gasteiger partial charge in [-0.05, 0) is 18.2 Å². The molecular weight excluding hydrogens is 268 g/mol. The molecule has 0 saturated heterocycles. The molecule has 0 unspecified atom stereocenters. The molecule has 0 radical (unpaired) electrons. The van der Waals surface area contributed by atoms with Crippen LogP contribution in [0.2, 0.25) is 0 Å². The highest BCUT2D eigenvalue weighted by molar-refractivity contribution is 5.75. The summed E-state index contributed by atoms with van der Waals surface area (Å²) in [5.74, 6) is 0.683. The van der Waals surface area contributed by atoms with E-state index in [9.17, 15) is 4.79 Å². The molecule has 0 amide bonds. The van der Waals surface area contributed by atoms with Crippen LogP contribution in [0.4, 0.5) is 0 Å². The molecule has 102 valence electrons. The number of hydrogen-bond acceptors (Lipinski definition) is 5. The third kappa shape index (κ3) is 1.86. The predicted octanol–water partition coefficient (Wildman–Crippen LogP) is 0.882.